The molecule has 2 atom stereocenters. The Kier molecular flexibility index (Phi) is 4.68. The van der Waals surface area contributed by atoms with E-state index in [0.717, 1.165) is 10.0 Å². The molecular weight excluding hydrogens is 326 g/mol. The molecule has 0 saturated carbocycles. The summed E-state index contributed by atoms with van der Waals surface area (Å²) in [5.74, 6) is 0.133. The van der Waals surface area contributed by atoms with Crippen LogP contribution >= 0.6 is 27.7 Å². The molecule has 1 heterocycles. The zero-order valence-electron chi connectivity index (χ0n) is 10.9. The Balaban J connectivity index is 2.07. The summed E-state index contributed by atoms with van der Waals surface area (Å²) < 4.78 is 1.03. The lowest BCUT2D eigenvalue weighted by atomic mass is 10.1. The van der Waals surface area contributed by atoms with E-state index in [2.05, 4.69) is 15.9 Å². The number of carbonyl (C=O) groups excluding carboxylic acids is 2. The molecule has 2 unspecified atom stereocenters. The number of amides is 1. The highest BCUT2D eigenvalue weighted by atomic mass is 79.9. The molecule has 1 aliphatic rings. The van der Waals surface area contributed by atoms with Crippen LogP contribution in [0.5, 0.6) is 0 Å². The molecule has 1 fully saturated rings. The summed E-state index contributed by atoms with van der Waals surface area (Å²) >= 11 is 4.68. The van der Waals surface area contributed by atoms with E-state index in [1.807, 2.05) is 36.1 Å². The lowest BCUT2D eigenvalue weighted by Crippen LogP contribution is -2.28. The first kappa shape index (κ1) is 14.6. The van der Waals surface area contributed by atoms with Gasteiger partial charge in [0, 0.05) is 29.6 Å². The molecule has 0 aliphatic carbocycles. The number of benzene rings is 1. The van der Waals surface area contributed by atoms with Gasteiger partial charge in [-0.15, -0.1) is 0 Å². The van der Waals surface area contributed by atoms with Gasteiger partial charge in [-0.05, 0) is 24.6 Å². The second kappa shape index (κ2) is 6.09. The molecule has 102 valence electrons. The molecule has 1 saturated heterocycles. The number of nitrogens with zero attached hydrogens (tertiary/aromatic N) is 1. The van der Waals surface area contributed by atoms with Crippen molar-refractivity contribution in [3.05, 3.63) is 34.3 Å². The number of rotatable bonds is 3. The Bertz CT molecular complexity index is 489. The van der Waals surface area contributed by atoms with E-state index < -0.39 is 0 Å². The molecule has 1 aromatic carbocycles. The average molecular weight is 342 g/mol. The minimum atomic E-state index is 0.0539. The standard InChI is InChI=1S/C14H16BrNO2S/c1-9(11-3-5-12(15)6-4-11)16-8-13(7-14(16)18)19-10(2)17/h3-6,9,13H,7-8H2,1-2H3. The first-order chi connectivity index (χ1) is 8.97. The van der Waals surface area contributed by atoms with Crippen molar-refractivity contribution < 1.29 is 9.59 Å². The molecule has 19 heavy (non-hydrogen) atoms. The Hall–Kier alpha value is -0.810. The van der Waals surface area contributed by atoms with Gasteiger partial charge >= 0.3 is 0 Å². The third-order valence-electron chi connectivity index (χ3n) is 3.28. The maximum atomic E-state index is 12.0. The zero-order chi connectivity index (χ0) is 14.0. The highest BCUT2D eigenvalue weighted by molar-refractivity contribution is 9.10. The van der Waals surface area contributed by atoms with Gasteiger partial charge in [-0.3, -0.25) is 9.59 Å². The monoisotopic (exact) mass is 341 g/mol. The molecule has 1 amide bonds. The molecule has 3 nitrogen and oxygen atoms in total. The molecule has 0 bridgehead atoms. The molecule has 5 heteroatoms. The summed E-state index contributed by atoms with van der Waals surface area (Å²) in [6.07, 6.45) is 0.463. The topological polar surface area (TPSA) is 37.4 Å². The molecule has 1 aliphatic heterocycles. The largest absolute Gasteiger partial charge is 0.335 e. The zero-order valence-corrected chi connectivity index (χ0v) is 13.3. The van der Waals surface area contributed by atoms with E-state index >= 15 is 0 Å². The maximum Gasteiger partial charge on any atom is 0.224 e. The van der Waals surface area contributed by atoms with E-state index in [1.165, 1.54) is 11.8 Å². The van der Waals surface area contributed by atoms with Gasteiger partial charge in [-0.25, -0.2) is 0 Å². The number of likely N-dealkylation sites (tertiary alicyclic amines) is 1. The minimum absolute atomic E-state index is 0.0539. The molecule has 0 radical (unpaired) electrons. The van der Waals surface area contributed by atoms with E-state index in [4.69, 9.17) is 0 Å². The molecule has 1 aromatic rings. The van der Waals surface area contributed by atoms with Crippen molar-refractivity contribution in [3.63, 3.8) is 0 Å². The average Bonchev–Trinajstić information content (AvgIpc) is 2.69. The van der Waals surface area contributed by atoms with Gasteiger partial charge in [0.25, 0.3) is 0 Å². The van der Waals surface area contributed by atoms with Gasteiger partial charge < -0.3 is 4.90 Å². The fourth-order valence-corrected chi connectivity index (χ4v) is 3.50. The van der Waals surface area contributed by atoms with Gasteiger partial charge in [-0.1, -0.05) is 39.8 Å². The predicted octanol–water partition coefficient (Wildman–Crippen LogP) is 3.39. The second-order valence-electron chi connectivity index (χ2n) is 4.71. The fourth-order valence-electron chi connectivity index (χ4n) is 2.31. The molecular formula is C14H16BrNO2S. The van der Waals surface area contributed by atoms with Crippen LogP contribution in [0.1, 0.15) is 31.9 Å². The van der Waals surface area contributed by atoms with Gasteiger partial charge in [0.15, 0.2) is 5.12 Å². The van der Waals surface area contributed by atoms with Crippen LogP contribution in [0.15, 0.2) is 28.7 Å². The van der Waals surface area contributed by atoms with Gasteiger partial charge in [0.2, 0.25) is 5.91 Å². The third-order valence-corrected chi connectivity index (χ3v) is 4.79. The lowest BCUT2D eigenvalue weighted by molar-refractivity contribution is -0.129. The Morgan fingerprint density at radius 2 is 2.05 bits per heavy atom. The van der Waals surface area contributed by atoms with Crippen LogP contribution in [0, 0.1) is 0 Å². The molecule has 0 aromatic heterocycles. The Morgan fingerprint density at radius 1 is 1.42 bits per heavy atom. The summed E-state index contributed by atoms with van der Waals surface area (Å²) in [6.45, 7) is 4.23. The highest BCUT2D eigenvalue weighted by Crippen LogP contribution is 2.31. The van der Waals surface area contributed by atoms with Crippen molar-refractivity contribution in [2.24, 2.45) is 0 Å². The van der Waals surface area contributed by atoms with Gasteiger partial charge in [0.05, 0.1) is 6.04 Å². The van der Waals surface area contributed by atoms with Crippen molar-refractivity contribution >= 4 is 38.7 Å². The summed E-state index contributed by atoms with van der Waals surface area (Å²) in [5, 5.41) is 0.179. The highest BCUT2D eigenvalue weighted by Gasteiger charge is 2.34. The Morgan fingerprint density at radius 3 is 2.63 bits per heavy atom. The smallest absolute Gasteiger partial charge is 0.224 e. The van der Waals surface area contributed by atoms with Crippen LogP contribution < -0.4 is 0 Å². The van der Waals surface area contributed by atoms with Crippen LogP contribution in [0.25, 0.3) is 0 Å². The summed E-state index contributed by atoms with van der Waals surface area (Å²) in [6, 6.07) is 8.06. The quantitative estimate of drug-likeness (QED) is 0.845. The van der Waals surface area contributed by atoms with Crippen molar-refractivity contribution in [2.75, 3.05) is 6.54 Å². The van der Waals surface area contributed by atoms with E-state index in [-0.39, 0.29) is 22.3 Å². The third kappa shape index (κ3) is 3.60. The molecule has 0 N–H and O–H groups in total. The van der Waals surface area contributed by atoms with Crippen molar-refractivity contribution in [3.8, 4) is 0 Å². The number of halogens is 1. The number of thioether (sulfide) groups is 1. The van der Waals surface area contributed by atoms with E-state index in [0.29, 0.717) is 13.0 Å². The minimum Gasteiger partial charge on any atom is -0.335 e. The summed E-state index contributed by atoms with van der Waals surface area (Å²) in [5.41, 5.74) is 1.12. The lowest BCUT2D eigenvalue weighted by Gasteiger charge is -2.25. The van der Waals surface area contributed by atoms with Crippen LogP contribution in [0.3, 0.4) is 0 Å². The van der Waals surface area contributed by atoms with E-state index in [9.17, 15) is 9.59 Å². The molecule has 0 spiro atoms. The first-order valence-corrected chi connectivity index (χ1v) is 7.87. The normalized spacial score (nSPS) is 20.7. The predicted molar refractivity (Wildman–Crippen MR) is 80.9 cm³/mol. The first-order valence-electron chi connectivity index (χ1n) is 6.19. The van der Waals surface area contributed by atoms with Crippen LogP contribution in [-0.4, -0.2) is 27.7 Å². The van der Waals surface area contributed by atoms with Crippen molar-refractivity contribution in [1.29, 1.82) is 0 Å². The van der Waals surface area contributed by atoms with Crippen molar-refractivity contribution in [1.82, 2.24) is 4.90 Å². The number of hydrogen-bond donors (Lipinski definition) is 0. The van der Waals surface area contributed by atoms with E-state index in [1.54, 1.807) is 6.92 Å². The van der Waals surface area contributed by atoms with Gasteiger partial charge in [0.1, 0.15) is 0 Å². The SMILES string of the molecule is CC(=O)SC1CC(=O)N(C(C)c2ccc(Br)cc2)C1. The summed E-state index contributed by atoms with van der Waals surface area (Å²) in [4.78, 5) is 25.0. The van der Waals surface area contributed by atoms with Crippen LogP contribution in [-0.2, 0) is 9.59 Å². The maximum absolute atomic E-state index is 12.0. The van der Waals surface area contributed by atoms with Crippen LogP contribution in [0.4, 0.5) is 0 Å². The van der Waals surface area contributed by atoms with Crippen LogP contribution in [0.2, 0.25) is 0 Å². The Labute approximate surface area is 125 Å². The second-order valence-corrected chi connectivity index (χ2v) is 7.10. The van der Waals surface area contributed by atoms with Gasteiger partial charge in [-0.2, -0.15) is 0 Å². The fraction of sp³-hybridized carbons (Fsp3) is 0.429. The molecule has 2 rings (SSSR count). The van der Waals surface area contributed by atoms with Crippen molar-refractivity contribution in [2.45, 2.75) is 31.6 Å². The number of carbonyl (C=O) groups is 2. The summed E-state index contributed by atoms with van der Waals surface area (Å²) in [7, 11) is 0. The number of hydrogen-bond acceptors (Lipinski definition) is 3.